The Morgan fingerprint density at radius 2 is 2.50 bits per heavy atom. The van der Waals surface area contributed by atoms with Gasteiger partial charge in [-0.05, 0) is 32.2 Å². The van der Waals surface area contributed by atoms with E-state index in [1.165, 1.54) is 25.7 Å². The lowest BCUT2D eigenvalue weighted by Crippen LogP contribution is -2.11. The number of imidazole rings is 1. The molecule has 16 heavy (non-hydrogen) atoms. The average Bonchev–Trinajstić information content (AvgIpc) is 2.91. The number of hydrogen-bond acceptors (Lipinski definition) is 3. The van der Waals surface area contributed by atoms with E-state index in [2.05, 4.69) is 9.55 Å². The van der Waals surface area contributed by atoms with Gasteiger partial charge in [0.25, 0.3) is 0 Å². The highest BCUT2D eigenvalue weighted by Gasteiger charge is 2.14. The van der Waals surface area contributed by atoms with Gasteiger partial charge in [-0.2, -0.15) is 0 Å². The van der Waals surface area contributed by atoms with Crippen molar-refractivity contribution in [3.8, 4) is 0 Å². The lowest BCUT2D eigenvalue weighted by atomic mass is 10.1. The van der Waals surface area contributed by atoms with Crippen LogP contribution in [-0.4, -0.2) is 28.8 Å². The molecule has 0 bridgehead atoms. The molecule has 1 aromatic rings. The van der Waals surface area contributed by atoms with Crippen LogP contribution >= 0.6 is 0 Å². The van der Waals surface area contributed by atoms with Gasteiger partial charge in [-0.1, -0.05) is 0 Å². The Balaban J connectivity index is 1.73. The molecule has 1 unspecified atom stereocenters. The molecular formula is C12H21N3O. The number of ether oxygens (including phenoxy) is 1. The molecule has 1 fully saturated rings. The molecule has 0 aliphatic carbocycles. The summed E-state index contributed by atoms with van der Waals surface area (Å²) in [5.74, 6) is 1.11. The van der Waals surface area contributed by atoms with Gasteiger partial charge in [0, 0.05) is 32.0 Å². The largest absolute Gasteiger partial charge is 0.378 e. The Bertz CT molecular complexity index is 305. The summed E-state index contributed by atoms with van der Waals surface area (Å²) in [5, 5.41) is 0. The summed E-state index contributed by atoms with van der Waals surface area (Å²) in [7, 11) is 0. The van der Waals surface area contributed by atoms with Gasteiger partial charge in [0.2, 0.25) is 0 Å². The number of aromatic nitrogens is 2. The predicted molar refractivity (Wildman–Crippen MR) is 63.2 cm³/mol. The SMILES string of the molecule is NCCc1nccn1CCCC1CCCO1. The molecule has 1 aliphatic heterocycles. The summed E-state index contributed by atoms with van der Waals surface area (Å²) in [6.07, 6.45) is 10.1. The van der Waals surface area contributed by atoms with Crippen molar-refractivity contribution in [3.05, 3.63) is 18.2 Å². The molecule has 0 saturated carbocycles. The monoisotopic (exact) mass is 223 g/mol. The quantitative estimate of drug-likeness (QED) is 0.792. The van der Waals surface area contributed by atoms with Crippen molar-refractivity contribution in [2.75, 3.05) is 13.2 Å². The van der Waals surface area contributed by atoms with E-state index in [1.807, 2.05) is 12.4 Å². The number of rotatable bonds is 6. The van der Waals surface area contributed by atoms with E-state index >= 15 is 0 Å². The normalized spacial score (nSPS) is 20.4. The average molecular weight is 223 g/mol. The Labute approximate surface area is 96.8 Å². The highest BCUT2D eigenvalue weighted by molar-refractivity contribution is 4.92. The zero-order chi connectivity index (χ0) is 11.2. The molecule has 0 aromatic carbocycles. The Hall–Kier alpha value is -0.870. The van der Waals surface area contributed by atoms with Gasteiger partial charge in [0.1, 0.15) is 5.82 Å². The van der Waals surface area contributed by atoms with Gasteiger partial charge >= 0.3 is 0 Å². The van der Waals surface area contributed by atoms with Crippen molar-refractivity contribution in [2.45, 2.75) is 44.8 Å². The molecule has 4 heteroatoms. The first kappa shape index (κ1) is 11.6. The number of hydrogen-bond donors (Lipinski definition) is 1. The van der Waals surface area contributed by atoms with E-state index in [0.717, 1.165) is 25.4 Å². The van der Waals surface area contributed by atoms with Gasteiger partial charge in [0.05, 0.1) is 6.10 Å². The molecule has 0 amide bonds. The fraction of sp³-hybridized carbons (Fsp3) is 0.750. The van der Waals surface area contributed by atoms with Crippen molar-refractivity contribution in [3.63, 3.8) is 0 Å². The Morgan fingerprint density at radius 3 is 3.25 bits per heavy atom. The zero-order valence-corrected chi connectivity index (χ0v) is 9.77. The van der Waals surface area contributed by atoms with Gasteiger partial charge in [-0.25, -0.2) is 4.98 Å². The maximum atomic E-state index is 5.61. The molecule has 2 rings (SSSR count). The summed E-state index contributed by atoms with van der Waals surface area (Å²) < 4.78 is 7.82. The van der Waals surface area contributed by atoms with Crippen LogP contribution in [0.3, 0.4) is 0 Å². The van der Waals surface area contributed by atoms with Gasteiger partial charge in [-0.3, -0.25) is 0 Å². The summed E-state index contributed by atoms with van der Waals surface area (Å²) in [6, 6.07) is 0. The highest BCUT2D eigenvalue weighted by atomic mass is 16.5. The second kappa shape index (κ2) is 6.01. The Kier molecular flexibility index (Phi) is 4.36. The molecular weight excluding hydrogens is 202 g/mol. The maximum absolute atomic E-state index is 5.61. The minimum Gasteiger partial charge on any atom is -0.378 e. The van der Waals surface area contributed by atoms with Gasteiger partial charge in [-0.15, -0.1) is 0 Å². The lowest BCUT2D eigenvalue weighted by molar-refractivity contribution is 0.101. The van der Waals surface area contributed by atoms with Crippen LogP contribution in [0, 0.1) is 0 Å². The first-order chi connectivity index (χ1) is 7.90. The second-order valence-corrected chi connectivity index (χ2v) is 4.35. The molecule has 1 atom stereocenters. The molecule has 2 N–H and O–H groups in total. The van der Waals surface area contributed by atoms with Crippen LogP contribution in [0.4, 0.5) is 0 Å². The van der Waals surface area contributed by atoms with Crippen molar-refractivity contribution in [1.82, 2.24) is 9.55 Å². The second-order valence-electron chi connectivity index (χ2n) is 4.35. The summed E-state index contributed by atoms with van der Waals surface area (Å²) in [4.78, 5) is 4.31. The number of aryl methyl sites for hydroxylation is 1. The van der Waals surface area contributed by atoms with Gasteiger partial charge in [0.15, 0.2) is 0 Å². The van der Waals surface area contributed by atoms with Crippen LogP contribution in [0.5, 0.6) is 0 Å². The van der Waals surface area contributed by atoms with Crippen LogP contribution in [0.1, 0.15) is 31.5 Å². The van der Waals surface area contributed by atoms with Crippen molar-refractivity contribution >= 4 is 0 Å². The van der Waals surface area contributed by atoms with Crippen molar-refractivity contribution < 1.29 is 4.74 Å². The molecule has 1 saturated heterocycles. The fourth-order valence-corrected chi connectivity index (χ4v) is 2.26. The Morgan fingerprint density at radius 1 is 1.56 bits per heavy atom. The molecule has 4 nitrogen and oxygen atoms in total. The molecule has 1 aromatic heterocycles. The third-order valence-corrected chi connectivity index (χ3v) is 3.12. The molecule has 0 spiro atoms. The van der Waals surface area contributed by atoms with Crippen LogP contribution < -0.4 is 5.73 Å². The third kappa shape index (κ3) is 3.06. The van der Waals surface area contributed by atoms with E-state index in [-0.39, 0.29) is 0 Å². The first-order valence-corrected chi connectivity index (χ1v) is 6.22. The topological polar surface area (TPSA) is 53.1 Å². The van der Waals surface area contributed by atoms with Crippen molar-refractivity contribution in [1.29, 1.82) is 0 Å². The maximum Gasteiger partial charge on any atom is 0.109 e. The van der Waals surface area contributed by atoms with E-state index < -0.39 is 0 Å². The number of nitrogens with two attached hydrogens (primary N) is 1. The highest BCUT2D eigenvalue weighted by Crippen LogP contribution is 2.17. The smallest absolute Gasteiger partial charge is 0.109 e. The summed E-state index contributed by atoms with van der Waals surface area (Å²) in [5.41, 5.74) is 5.54. The first-order valence-electron chi connectivity index (χ1n) is 6.22. The zero-order valence-electron chi connectivity index (χ0n) is 9.77. The van der Waals surface area contributed by atoms with E-state index in [1.54, 1.807) is 0 Å². The molecule has 2 heterocycles. The minimum atomic E-state index is 0.501. The third-order valence-electron chi connectivity index (χ3n) is 3.12. The number of nitrogens with zero attached hydrogens (tertiary/aromatic N) is 2. The summed E-state index contributed by atoms with van der Waals surface area (Å²) in [6.45, 7) is 2.66. The lowest BCUT2D eigenvalue weighted by Gasteiger charge is -2.10. The van der Waals surface area contributed by atoms with Crippen LogP contribution in [0.25, 0.3) is 0 Å². The minimum absolute atomic E-state index is 0.501. The fourth-order valence-electron chi connectivity index (χ4n) is 2.26. The van der Waals surface area contributed by atoms with E-state index in [9.17, 15) is 0 Å². The molecule has 0 radical (unpaired) electrons. The molecule has 90 valence electrons. The van der Waals surface area contributed by atoms with E-state index in [4.69, 9.17) is 10.5 Å². The van der Waals surface area contributed by atoms with Crippen molar-refractivity contribution in [2.24, 2.45) is 5.73 Å². The van der Waals surface area contributed by atoms with Crippen LogP contribution in [0.15, 0.2) is 12.4 Å². The van der Waals surface area contributed by atoms with E-state index in [0.29, 0.717) is 12.6 Å². The van der Waals surface area contributed by atoms with Crippen LogP contribution in [0.2, 0.25) is 0 Å². The standard InChI is InChI=1S/C12H21N3O/c13-6-5-12-14-7-9-15(12)8-1-3-11-4-2-10-16-11/h7,9,11H,1-6,8,10,13H2. The summed E-state index contributed by atoms with van der Waals surface area (Å²) >= 11 is 0. The van der Waals surface area contributed by atoms with Gasteiger partial charge < -0.3 is 15.0 Å². The molecule has 1 aliphatic rings. The van der Waals surface area contributed by atoms with Crippen LogP contribution in [-0.2, 0) is 17.7 Å². The predicted octanol–water partition coefficient (Wildman–Crippen LogP) is 1.34.